The molecule has 0 unspecified atom stereocenters. The second kappa shape index (κ2) is 8.23. The largest absolute Gasteiger partial charge is 0.478 e. The van der Waals surface area contributed by atoms with Crippen molar-refractivity contribution in [3.8, 4) is 0 Å². The molecule has 0 heterocycles. The van der Waals surface area contributed by atoms with E-state index in [-0.39, 0.29) is 0 Å². The number of carboxylic acids is 1. The van der Waals surface area contributed by atoms with Crippen molar-refractivity contribution in [3.63, 3.8) is 0 Å². The molecule has 0 amide bonds. The number of hydrogen-bond donors (Lipinski definition) is 2. The van der Waals surface area contributed by atoms with E-state index in [0.29, 0.717) is 11.1 Å². The summed E-state index contributed by atoms with van der Waals surface area (Å²) in [5.74, 6) is -0.922. The van der Waals surface area contributed by atoms with Crippen molar-refractivity contribution in [2.75, 3.05) is 0 Å². The second-order valence-electron chi connectivity index (χ2n) is 3.78. The number of carbonyl (C=O) groups is 1. The van der Waals surface area contributed by atoms with Gasteiger partial charge in [0.2, 0.25) is 0 Å². The van der Waals surface area contributed by atoms with E-state index in [2.05, 4.69) is 12.6 Å². The van der Waals surface area contributed by atoms with Crippen LogP contribution in [0.1, 0.15) is 35.3 Å². The molecule has 1 N–H and O–H groups in total. The van der Waals surface area contributed by atoms with Gasteiger partial charge in [-0.25, -0.2) is 4.79 Å². The van der Waals surface area contributed by atoms with Gasteiger partial charge in [-0.15, -0.1) is 12.6 Å². The van der Waals surface area contributed by atoms with Gasteiger partial charge in [-0.1, -0.05) is 62.4 Å². The maximum absolute atomic E-state index is 11.1. The normalized spacial score (nSPS) is 9.95. The molecule has 0 aliphatic rings. The van der Waals surface area contributed by atoms with Crippen LogP contribution >= 0.6 is 12.6 Å². The molecule has 3 heteroatoms. The van der Waals surface area contributed by atoms with Crippen molar-refractivity contribution in [2.24, 2.45) is 0 Å². The fourth-order valence-electron chi connectivity index (χ4n) is 1.65. The fraction of sp³-hybridized carbons (Fsp3) is 0.118. The zero-order chi connectivity index (χ0) is 15.0. The van der Waals surface area contributed by atoms with Gasteiger partial charge in [0.25, 0.3) is 0 Å². The Morgan fingerprint density at radius 3 is 2.05 bits per heavy atom. The number of rotatable bonds is 3. The van der Waals surface area contributed by atoms with Gasteiger partial charge in [0.15, 0.2) is 0 Å². The zero-order valence-electron chi connectivity index (χ0n) is 11.6. The summed E-state index contributed by atoms with van der Waals surface area (Å²) in [6, 6.07) is 14.6. The summed E-state index contributed by atoms with van der Waals surface area (Å²) in [5.41, 5.74) is 1.94. The molecule has 0 bridgehead atoms. The van der Waals surface area contributed by atoms with Crippen molar-refractivity contribution in [1.82, 2.24) is 0 Å². The average Bonchev–Trinajstić information content (AvgIpc) is 2.49. The molecule has 0 spiro atoms. The van der Waals surface area contributed by atoms with Gasteiger partial charge in [-0.05, 0) is 23.3 Å². The summed E-state index contributed by atoms with van der Waals surface area (Å²) >= 11 is 4.34. The van der Waals surface area contributed by atoms with Gasteiger partial charge in [0.05, 0.1) is 5.56 Å². The molecule has 104 valence electrons. The Morgan fingerprint density at radius 1 is 0.950 bits per heavy atom. The molecule has 0 saturated heterocycles. The fourth-order valence-corrected chi connectivity index (χ4v) is 1.88. The van der Waals surface area contributed by atoms with Crippen LogP contribution in [0.15, 0.2) is 53.4 Å². The predicted octanol–water partition coefficient (Wildman–Crippen LogP) is 4.87. The molecule has 2 aromatic rings. The highest BCUT2D eigenvalue weighted by molar-refractivity contribution is 7.80. The third-order valence-corrected chi connectivity index (χ3v) is 2.98. The summed E-state index contributed by atoms with van der Waals surface area (Å²) in [5, 5.41) is 9.07. The van der Waals surface area contributed by atoms with Crippen molar-refractivity contribution < 1.29 is 9.90 Å². The van der Waals surface area contributed by atoms with E-state index in [9.17, 15) is 4.79 Å². The van der Waals surface area contributed by atoms with Gasteiger partial charge in [0.1, 0.15) is 0 Å². The minimum Gasteiger partial charge on any atom is -0.478 e. The summed E-state index contributed by atoms with van der Waals surface area (Å²) in [6.07, 6.45) is 3.66. The zero-order valence-corrected chi connectivity index (χ0v) is 12.5. The third kappa shape index (κ3) is 4.28. The van der Waals surface area contributed by atoms with Crippen molar-refractivity contribution in [2.45, 2.75) is 18.7 Å². The second-order valence-corrected chi connectivity index (χ2v) is 4.27. The highest BCUT2D eigenvalue weighted by Gasteiger charge is 2.05. The van der Waals surface area contributed by atoms with Crippen LogP contribution in [0.3, 0.4) is 0 Å². The van der Waals surface area contributed by atoms with Crippen molar-refractivity contribution in [3.05, 3.63) is 65.2 Å². The van der Waals surface area contributed by atoms with Crippen LogP contribution in [0.4, 0.5) is 0 Å². The number of carboxylic acid groups (broad SMARTS) is 1. The molecule has 20 heavy (non-hydrogen) atoms. The van der Waals surface area contributed by atoms with Crippen LogP contribution in [-0.2, 0) is 0 Å². The molecule has 2 rings (SSSR count). The lowest BCUT2D eigenvalue weighted by molar-refractivity contribution is 0.0696. The molecule has 0 atom stereocenters. The molecule has 0 aromatic heterocycles. The van der Waals surface area contributed by atoms with Crippen LogP contribution in [0.25, 0.3) is 12.2 Å². The van der Waals surface area contributed by atoms with Gasteiger partial charge in [0, 0.05) is 4.90 Å². The van der Waals surface area contributed by atoms with Crippen LogP contribution in [-0.4, -0.2) is 11.1 Å². The molecular formula is C17H18O2S. The van der Waals surface area contributed by atoms with Gasteiger partial charge in [-0.3, -0.25) is 0 Å². The quantitative estimate of drug-likeness (QED) is 0.624. The summed E-state index contributed by atoms with van der Waals surface area (Å²) < 4.78 is 0. The van der Waals surface area contributed by atoms with E-state index >= 15 is 0 Å². The van der Waals surface area contributed by atoms with Crippen molar-refractivity contribution >= 4 is 30.8 Å². The molecule has 0 aliphatic carbocycles. The van der Waals surface area contributed by atoms with E-state index in [1.165, 1.54) is 0 Å². The summed E-state index contributed by atoms with van der Waals surface area (Å²) in [4.78, 5) is 11.9. The van der Waals surface area contributed by atoms with Crippen LogP contribution < -0.4 is 0 Å². The third-order valence-electron chi connectivity index (χ3n) is 2.57. The predicted molar refractivity (Wildman–Crippen MR) is 87.4 cm³/mol. The Kier molecular flexibility index (Phi) is 6.60. The SMILES string of the molecule is CC.O=C(O)c1ccccc1C=Cc1ccccc1S. The first kappa shape index (κ1) is 16.1. The molecule has 0 aliphatic heterocycles. The first-order chi connectivity index (χ1) is 9.68. The van der Waals surface area contributed by atoms with E-state index in [0.717, 1.165) is 10.5 Å². The number of thiol groups is 1. The lowest BCUT2D eigenvalue weighted by Crippen LogP contribution is -1.98. The number of aromatic carboxylic acids is 1. The highest BCUT2D eigenvalue weighted by Crippen LogP contribution is 2.18. The molecular weight excluding hydrogens is 268 g/mol. The molecule has 2 nitrogen and oxygen atoms in total. The van der Waals surface area contributed by atoms with Gasteiger partial charge < -0.3 is 5.11 Å². The van der Waals surface area contributed by atoms with Crippen molar-refractivity contribution in [1.29, 1.82) is 0 Å². The standard InChI is InChI=1S/C15H12O2S.C2H6/c16-15(17)13-7-3-1-5-11(13)9-10-12-6-2-4-8-14(12)18;1-2/h1-10,18H,(H,16,17);1-2H3. The minimum atomic E-state index is -0.922. The van der Waals surface area contributed by atoms with Crippen LogP contribution in [0.5, 0.6) is 0 Å². The maximum atomic E-state index is 11.1. The molecule has 0 saturated carbocycles. The number of hydrogen-bond acceptors (Lipinski definition) is 2. The monoisotopic (exact) mass is 286 g/mol. The Labute approximate surface area is 125 Å². The lowest BCUT2D eigenvalue weighted by atomic mass is 10.1. The molecule has 2 aromatic carbocycles. The topological polar surface area (TPSA) is 37.3 Å². The van der Waals surface area contributed by atoms with Gasteiger partial charge >= 0.3 is 5.97 Å². The number of benzene rings is 2. The highest BCUT2D eigenvalue weighted by atomic mass is 32.1. The average molecular weight is 286 g/mol. The molecule has 0 radical (unpaired) electrons. The first-order valence-corrected chi connectivity index (χ1v) is 6.91. The first-order valence-electron chi connectivity index (χ1n) is 6.47. The van der Waals surface area contributed by atoms with E-state index in [1.54, 1.807) is 24.3 Å². The Balaban J connectivity index is 0.000000956. The van der Waals surface area contributed by atoms with Crippen LogP contribution in [0, 0.1) is 0 Å². The Morgan fingerprint density at radius 2 is 1.45 bits per heavy atom. The Hall–Kier alpha value is -2.00. The van der Waals surface area contributed by atoms with Crippen LogP contribution in [0.2, 0.25) is 0 Å². The lowest BCUT2D eigenvalue weighted by Gasteiger charge is -2.01. The van der Waals surface area contributed by atoms with E-state index in [4.69, 9.17) is 5.11 Å². The molecule has 0 fully saturated rings. The van der Waals surface area contributed by atoms with E-state index in [1.807, 2.05) is 50.3 Å². The maximum Gasteiger partial charge on any atom is 0.336 e. The van der Waals surface area contributed by atoms with Gasteiger partial charge in [-0.2, -0.15) is 0 Å². The smallest absolute Gasteiger partial charge is 0.336 e. The van der Waals surface area contributed by atoms with E-state index < -0.39 is 5.97 Å². The minimum absolute atomic E-state index is 0.297. The Bertz CT molecular complexity index is 603. The summed E-state index contributed by atoms with van der Waals surface area (Å²) in [6.45, 7) is 4.00. The summed E-state index contributed by atoms with van der Waals surface area (Å²) in [7, 11) is 0.